The average Bonchev–Trinajstić information content (AvgIpc) is 3.14. The van der Waals surface area contributed by atoms with Gasteiger partial charge in [-0.1, -0.05) is 84.9 Å². The molecule has 0 heterocycles. The smallest absolute Gasteiger partial charge is 0.407 e. The minimum absolute atomic E-state index is 0.0345. The number of aliphatic carboxylic acids is 1. The van der Waals surface area contributed by atoms with E-state index in [1.807, 2.05) is 60.7 Å². The molecule has 1 amide bonds. The first kappa shape index (κ1) is 22.3. The minimum atomic E-state index is -0.937. The zero-order chi connectivity index (χ0) is 23.4. The molecule has 0 saturated heterocycles. The van der Waals surface area contributed by atoms with Gasteiger partial charge in [-0.2, -0.15) is 0 Å². The van der Waals surface area contributed by atoms with Gasteiger partial charge in [0.05, 0.1) is 5.41 Å². The van der Waals surface area contributed by atoms with Gasteiger partial charge >= 0.3 is 12.1 Å². The molecule has 3 aromatic rings. The Hall–Kier alpha value is -3.86. The van der Waals surface area contributed by atoms with Crippen LogP contribution in [-0.2, 0) is 14.9 Å². The van der Waals surface area contributed by atoms with Crippen LogP contribution in [0.4, 0.5) is 4.79 Å². The van der Waals surface area contributed by atoms with Crippen LogP contribution in [0.5, 0.6) is 0 Å². The molecule has 5 nitrogen and oxygen atoms in total. The molecule has 0 saturated carbocycles. The van der Waals surface area contributed by atoms with Crippen LogP contribution < -0.4 is 5.32 Å². The van der Waals surface area contributed by atoms with Crippen molar-refractivity contribution in [2.45, 2.75) is 25.2 Å². The zero-order valence-electron chi connectivity index (χ0n) is 18.7. The lowest BCUT2D eigenvalue weighted by Gasteiger charge is -2.19. The van der Waals surface area contributed by atoms with Crippen molar-refractivity contribution in [3.63, 3.8) is 0 Å². The first-order chi connectivity index (χ1) is 15.9. The van der Waals surface area contributed by atoms with Crippen LogP contribution in [-0.4, -0.2) is 30.3 Å². The van der Waals surface area contributed by atoms with Gasteiger partial charge in [-0.05, 0) is 47.2 Å². The number of carboxylic acids is 1. The third-order valence-corrected chi connectivity index (χ3v) is 6.19. The maximum absolute atomic E-state index is 12.2. The summed E-state index contributed by atoms with van der Waals surface area (Å²) in [5, 5.41) is 12.1. The van der Waals surface area contributed by atoms with Gasteiger partial charge < -0.3 is 15.2 Å². The lowest BCUT2D eigenvalue weighted by molar-refractivity contribution is -0.142. The van der Waals surface area contributed by atoms with E-state index in [0.29, 0.717) is 6.54 Å². The maximum atomic E-state index is 12.2. The van der Waals surface area contributed by atoms with Crippen LogP contribution in [0.2, 0.25) is 0 Å². The van der Waals surface area contributed by atoms with Gasteiger partial charge in [0.25, 0.3) is 0 Å². The number of ether oxygens (including phenoxy) is 1. The van der Waals surface area contributed by atoms with Crippen molar-refractivity contribution >= 4 is 18.1 Å². The Morgan fingerprint density at radius 3 is 2.09 bits per heavy atom. The number of carbonyl (C=O) groups excluding carboxylic acids is 1. The van der Waals surface area contributed by atoms with Crippen LogP contribution in [0.25, 0.3) is 17.2 Å². The van der Waals surface area contributed by atoms with E-state index >= 15 is 0 Å². The molecule has 0 spiro atoms. The Labute approximate surface area is 193 Å². The third-order valence-electron chi connectivity index (χ3n) is 6.19. The Bertz CT molecular complexity index is 1150. The molecule has 1 aliphatic rings. The molecule has 3 aromatic carbocycles. The van der Waals surface area contributed by atoms with Gasteiger partial charge in [0.2, 0.25) is 0 Å². The van der Waals surface area contributed by atoms with Crippen molar-refractivity contribution in [2.24, 2.45) is 0 Å². The fourth-order valence-electron chi connectivity index (χ4n) is 4.12. The number of benzene rings is 3. The molecule has 4 rings (SSSR count). The summed E-state index contributed by atoms with van der Waals surface area (Å²) in [4.78, 5) is 23.6. The van der Waals surface area contributed by atoms with Crippen LogP contribution >= 0.6 is 0 Å². The summed E-state index contributed by atoms with van der Waals surface area (Å²) in [5.74, 6) is -0.828. The molecule has 0 aromatic heterocycles. The molecule has 0 radical (unpaired) electrons. The molecule has 1 aliphatic carbocycles. The maximum Gasteiger partial charge on any atom is 0.407 e. The Balaban J connectivity index is 1.29. The van der Waals surface area contributed by atoms with E-state index in [-0.39, 0.29) is 12.5 Å². The Morgan fingerprint density at radius 2 is 1.52 bits per heavy atom. The number of hydrogen-bond donors (Lipinski definition) is 2. The van der Waals surface area contributed by atoms with E-state index in [1.54, 1.807) is 13.8 Å². The number of alkyl carbamates (subject to hydrolysis) is 1. The SMILES string of the molecule is CC(C)(C(=O)O)c1ccc(C=CCNC(=O)OCC2c3ccccc3-c3ccccc32)cc1. The van der Waals surface area contributed by atoms with Gasteiger partial charge in [-0.3, -0.25) is 4.79 Å². The van der Waals surface area contributed by atoms with Crippen molar-refractivity contribution in [2.75, 3.05) is 13.2 Å². The van der Waals surface area contributed by atoms with Crippen LogP contribution in [0.3, 0.4) is 0 Å². The molecule has 0 aliphatic heterocycles. The predicted molar refractivity (Wildman–Crippen MR) is 129 cm³/mol. The number of carboxylic acid groups (broad SMARTS) is 1. The fraction of sp³-hybridized carbons (Fsp3) is 0.214. The molecule has 0 unspecified atom stereocenters. The number of rotatable bonds is 7. The molecule has 0 atom stereocenters. The number of nitrogens with one attached hydrogen (secondary N) is 1. The van der Waals surface area contributed by atoms with Crippen molar-refractivity contribution in [1.82, 2.24) is 5.32 Å². The lowest BCUT2D eigenvalue weighted by atomic mass is 9.84. The highest BCUT2D eigenvalue weighted by atomic mass is 16.5. The number of amides is 1. The summed E-state index contributed by atoms with van der Waals surface area (Å²) in [6.07, 6.45) is 3.25. The summed E-state index contributed by atoms with van der Waals surface area (Å²) in [6.45, 7) is 3.97. The zero-order valence-corrected chi connectivity index (χ0v) is 18.7. The van der Waals surface area contributed by atoms with Crippen molar-refractivity contribution < 1.29 is 19.4 Å². The normalized spacial score (nSPS) is 12.9. The van der Waals surface area contributed by atoms with Gasteiger partial charge in [0.1, 0.15) is 6.61 Å². The molecule has 5 heteroatoms. The van der Waals surface area contributed by atoms with E-state index in [1.165, 1.54) is 22.3 Å². The second kappa shape index (κ2) is 9.33. The van der Waals surface area contributed by atoms with Crippen LogP contribution in [0, 0.1) is 0 Å². The topological polar surface area (TPSA) is 75.6 Å². The molecule has 0 fully saturated rings. The molecule has 33 heavy (non-hydrogen) atoms. The van der Waals surface area contributed by atoms with E-state index in [4.69, 9.17) is 4.74 Å². The van der Waals surface area contributed by atoms with E-state index in [2.05, 4.69) is 29.6 Å². The monoisotopic (exact) mass is 441 g/mol. The Kier molecular flexibility index (Phi) is 6.31. The second-order valence-corrected chi connectivity index (χ2v) is 8.66. The van der Waals surface area contributed by atoms with Gasteiger partial charge in [-0.15, -0.1) is 0 Å². The molecule has 0 bridgehead atoms. The van der Waals surface area contributed by atoms with E-state index in [9.17, 15) is 14.7 Å². The van der Waals surface area contributed by atoms with Crippen molar-refractivity contribution in [3.05, 3.63) is 101 Å². The van der Waals surface area contributed by atoms with Gasteiger partial charge in [-0.25, -0.2) is 4.79 Å². The minimum Gasteiger partial charge on any atom is -0.481 e. The lowest BCUT2D eigenvalue weighted by Crippen LogP contribution is -2.28. The fourth-order valence-corrected chi connectivity index (χ4v) is 4.12. The standard InChI is InChI=1S/C28H27NO4/c1-28(2,26(30)31)20-15-13-19(14-16-20)8-7-17-29-27(32)33-18-25-23-11-5-3-9-21(23)22-10-4-6-12-24(22)25/h3-16,25H,17-18H2,1-2H3,(H,29,32)(H,30,31). The molecule has 168 valence electrons. The van der Waals surface area contributed by atoms with Crippen LogP contribution in [0.15, 0.2) is 78.9 Å². The van der Waals surface area contributed by atoms with E-state index < -0.39 is 17.5 Å². The number of carbonyl (C=O) groups is 2. The molecular weight excluding hydrogens is 414 g/mol. The van der Waals surface area contributed by atoms with E-state index in [0.717, 1.165) is 11.1 Å². The highest BCUT2D eigenvalue weighted by Gasteiger charge is 2.29. The average molecular weight is 442 g/mol. The predicted octanol–water partition coefficient (Wildman–Crippen LogP) is 5.60. The quantitative estimate of drug-likeness (QED) is 0.500. The molecular formula is C28H27NO4. The Morgan fingerprint density at radius 1 is 0.939 bits per heavy atom. The first-order valence-electron chi connectivity index (χ1n) is 11.0. The highest BCUT2D eigenvalue weighted by molar-refractivity contribution is 5.80. The molecule has 2 N–H and O–H groups in total. The largest absolute Gasteiger partial charge is 0.481 e. The van der Waals surface area contributed by atoms with Gasteiger partial charge in [0.15, 0.2) is 0 Å². The number of fused-ring (bicyclic) bond motifs is 3. The summed E-state index contributed by atoms with van der Waals surface area (Å²) < 4.78 is 5.53. The number of hydrogen-bond acceptors (Lipinski definition) is 3. The van der Waals surface area contributed by atoms with Gasteiger partial charge in [0, 0.05) is 12.5 Å². The van der Waals surface area contributed by atoms with Crippen LogP contribution in [0.1, 0.15) is 42.0 Å². The second-order valence-electron chi connectivity index (χ2n) is 8.66. The summed E-state index contributed by atoms with van der Waals surface area (Å²) in [5.41, 5.74) is 5.49. The first-order valence-corrected chi connectivity index (χ1v) is 11.0. The summed E-state index contributed by atoms with van der Waals surface area (Å²) in [6, 6.07) is 23.8. The summed E-state index contributed by atoms with van der Waals surface area (Å²) in [7, 11) is 0. The third kappa shape index (κ3) is 4.67. The van der Waals surface area contributed by atoms with Crippen molar-refractivity contribution in [1.29, 1.82) is 0 Å². The summed E-state index contributed by atoms with van der Waals surface area (Å²) >= 11 is 0. The van der Waals surface area contributed by atoms with Crippen molar-refractivity contribution in [3.8, 4) is 11.1 Å². The highest BCUT2D eigenvalue weighted by Crippen LogP contribution is 2.44.